The molecule has 0 aromatic heterocycles. The Labute approximate surface area is 188 Å². The molecule has 0 radical (unpaired) electrons. The van der Waals surface area contributed by atoms with E-state index in [0.717, 1.165) is 30.0 Å². The van der Waals surface area contributed by atoms with Gasteiger partial charge < -0.3 is 9.47 Å². The Morgan fingerprint density at radius 1 is 0.935 bits per heavy atom. The van der Waals surface area contributed by atoms with Gasteiger partial charge in [-0.25, -0.2) is 0 Å². The highest BCUT2D eigenvalue weighted by atomic mass is 16.5. The van der Waals surface area contributed by atoms with Crippen LogP contribution in [0, 0.1) is 11.8 Å². The van der Waals surface area contributed by atoms with Crippen molar-refractivity contribution in [2.75, 3.05) is 27.3 Å². The molecule has 4 rings (SSSR count). The van der Waals surface area contributed by atoms with Gasteiger partial charge in [0.2, 0.25) is 0 Å². The highest BCUT2D eigenvalue weighted by Crippen LogP contribution is 2.36. The molecule has 1 unspecified atom stereocenters. The Hall–Kier alpha value is -2.33. The molecule has 4 heteroatoms. The fraction of sp³-hybridized carbons (Fsp3) is 0.519. The maximum Gasteiger partial charge on any atom is 0.166 e. The SMILES string of the molecule is CC.CC1CCN(Cc2ccccc2)CC1.COc1cc2c(cc1OC)C(=O)C(C)C2. The molecule has 170 valence electrons. The summed E-state index contributed by atoms with van der Waals surface area (Å²) in [6.45, 7) is 12.0. The van der Waals surface area contributed by atoms with Crippen molar-refractivity contribution in [1.29, 1.82) is 0 Å². The van der Waals surface area contributed by atoms with Gasteiger partial charge in [-0.3, -0.25) is 9.69 Å². The van der Waals surface area contributed by atoms with E-state index >= 15 is 0 Å². The van der Waals surface area contributed by atoms with Crippen molar-refractivity contribution in [3.63, 3.8) is 0 Å². The van der Waals surface area contributed by atoms with Gasteiger partial charge in [0, 0.05) is 18.0 Å². The maximum absolute atomic E-state index is 11.8. The first kappa shape index (κ1) is 24.9. The fourth-order valence-electron chi connectivity index (χ4n) is 4.07. The molecule has 0 saturated carbocycles. The quantitative estimate of drug-likeness (QED) is 0.600. The van der Waals surface area contributed by atoms with E-state index in [0.29, 0.717) is 11.5 Å². The first-order valence-corrected chi connectivity index (χ1v) is 11.6. The number of Topliss-reactive ketones (excluding diaryl/α,β-unsaturated/α-hetero) is 1. The first-order chi connectivity index (χ1) is 15.0. The van der Waals surface area contributed by atoms with Crippen LogP contribution in [0.3, 0.4) is 0 Å². The second-order valence-electron chi connectivity index (χ2n) is 8.28. The van der Waals surface area contributed by atoms with Crippen molar-refractivity contribution in [2.45, 2.75) is 53.5 Å². The summed E-state index contributed by atoms with van der Waals surface area (Å²) in [5, 5.41) is 0. The molecule has 2 aliphatic rings. The molecule has 1 atom stereocenters. The largest absolute Gasteiger partial charge is 0.493 e. The number of carbonyl (C=O) groups is 1. The van der Waals surface area contributed by atoms with Crippen LogP contribution in [0.5, 0.6) is 11.5 Å². The number of likely N-dealkylation sites (tertiary alicyclic amines) is 1. The van der Waals surface area contributed by atoms with E-state index in [1.807, 2.05) is 26.8 Å². The molecule has 0 spiro atoms. The Morgan fingerprint density at radius 2 is 1.52 bits per heavy atom. The third-order valence-electron chi connectivity index (χ3n) is 5.97. The van der Waals surface area contributed by atoms with Crippen molar-refractivity contribution in [3.8, 4) is 11.5 Å². The molecule has 0 bridgehead atoms. The highest BCUT2D eigenvalue weighted by Gasteiger charge is 2.28. The second kappa shape index (κ2) is 12.5. The van der Waals surface area contributed by atoms with E-state index < -0.39 is 0 Å². The molecule has 1 aliphatic carbocycles. The van der Waals surface area contributed by atoms with Crippen LogP contribution >= 0.6 is 0 Å². The number of methoxy groups -OCH3 is 2. The molecule has 1 heterocycles. The number of rotatable bonds is 4. The summed E-state index contributed by atoms with van der Waals surface area (Å²) in [7, 11) is 3.18. The third-order valence-corrected chi connectivity index (χ3v) is 5.97. The predicted molar refractivity (Wildman–Crippen MR) is 128 cm³/mol. The Kier molecular flexibility index (Phi) is 10.1. The number of fused-ring (bicyclic) bond motifs is 1. The summed E-state index contributed by atoms with van der Waals surface area (Å²) in [6.07, 6.45) is 3.54. The highest BCUT2D eigenvalue weighted by molar-refractivity contribution is 6.02. The Bertz CT molecular complexity index is 811. The van der Waals surface area contributed by atoms with Crippen LogP contribution in [-0.2, 0) is 13.0 Å². The topological polar surface area (TPSA) is 38.8 Å². The van der Waals surface area contributed by atoms with Crippen molar-refractivity contribution in [3.05, 3.63) is 59.2 Å². The van der Waals surface area contributed by atoms with E-state index in [9.17, 15) is 4.79 Å². The van der Waals surface area contributed by atoms with Gasteiger partial charge in [0.05, 0.1) is 14.2 Å². The lowest BCUT2D eigenvalue weighted by Crippen LogP contribution is -2.32. The normalized spacial score (nSPS) is 18.3. The lowest BCUT2D eigenvalue weighted by Gasteiger charge is -2.30. The number of hydrogen-bond acceptors (Lipinski definition) is 4. The van der Waals surface area contributed by atoms with Gasteiger partial charge in [0.25, 0.3) is 0 Å². The van der Waals surface area contributed by atoms with Crippen LogP contribution in [0.15, 0.2) is 42.5 Å². The molecule has 4 nitrogen and oxygen atoms in total. The summed E-state index contributed by atoms with van der Waals surface area (Å²) in [4.78, 5) is 14.3. The number of ketones is 1. The average Bonchev–Trinajstić information content (AvgIpc) is 3.09. The van der Waals surface area contributed by atoms with Crippen LogP contribution in [0.1, 0.15) is 62.0 Å². The molecule has 2 aromatic rings. The number of carbonyl (C=O) groups excluding carboxylic acids is 1. The number of benzene rings is 2. The monoisotopic (exact) mass is 425 g/mol. The zero-order chi connectivity index (χ0) is 22.8. The lowest BCUT2D eigenvalue weighted by atomic mass is 9.99. The second-order valence-corrected chi connectivity index (χ2v) is 8.28. The fourth-order valence-corrected chi connectivity index (χ4v) is 4.07. The van der Waals surface area contributed by atoms with E-state index in [-0.39, 0.29) is 11.7 Å². The van der Waals surface area contributed by atoms with E-state index in [1.165, 1.54) is 31.5 Å². The van der Waals surface area contributed by atoms with Crippen molar-refractivity contribution < 1.29 is 14.3 Å². The van der Waals surface area contributed by atoms with Gasteiger partial charge in [-0.1, -0.05) is 58.0 Å². The molecule has 0 amide bonds. The smallest absolute Gasteiger partial charge is 0.166 e. The van der Waals surface area contributed by atoms with Crippen molar-refractivity contribution in [2.24, 2.45) is 11.8 Å². The molecule has 31 heavy (non-hydrogen) atoms. The Morgan fingerprint density at radius 3 is 2.10 bits per heavy atom. The molecular weight excluding hydrogens is 386 g/mol. The molecule has 2 aromatic carbocycles. The molecule has 1 aliphatic heterocycles. The number of piperidine rings is 1. The van der Waals surface area contributed by atoms with Gasteiger partial charge in [0.1, 0.15) is 0 Å². The summed E-state index contributed by atoms with van der Waals surface area (Å²) >= 11 is 0. The average molecular weight is 426 g/mol. The van der Waals surface area contributed by atoms with Crippen LogP contribution in [-0.4, -0.2) is 38.0 Å². The minimum atomic E-state index is 0.0804. The predicted octanol–water partition coefficient (Wildman–Crippen LogP) is 6.02. The van der Waals surface area contributed by atoms with Crippen LogP contribution < -0.4 is 9.47 Å². The number of hydrogen-bond donors (Lipinski definition) is 0. The van der Waals surface area contributed by atoms with E-state index in [4.69, 9.17) is 9.47 Å². The summed E-state index contributed by atoms with van der Waals surface area (Å²) in [6, 6.07) is 14.5. The zero-order valence-electron chi connectivity index (χ0n) is 20.1. The van der Waals surface area contributed by atoms with Crippen LogP contribution in [0.2, 0.25) is 0 Å². The van der Waals surface area contributed by atoms with Gasteiger partial charge in [-0.15, -0.1) is 0 Å². The molecular formula is C27H39NO3. The molecule has 1 saturated heterocycles. The molecule has 0 N–H and O–H groups in total. The minimum Gasteiger partial charge on any atom is -0.493 e. The van der Waals surface area contributed by atoms with Crippen molar-refractivity contribution >= 4 is 5.78 Å². The van der Waals surface area contributed by atoms with E-state index in [1.54, 1.807) is 20.3 Å². The zero-order valence-corrected chi connectivity index (χ0v) is 20.1. The Balaban J connectivity index is 0.000000204. The third kappa shape index (κ3) is 6.83. The van der Waals surface area contributed by atoms with Gasteiger partial charge >= 0.3 is 0 Å². The standard InChI is InChI=1S/C13H19N.C12H14O3.C2H6/c1-12-7-9-14(10-8-12)11-13-5-3-2-4-6-13;1-7-4-8-5-10(14-2)11(15-3)6-9(8)12(7)13;1-2/h2-6,12H,7-11H2,1H3;5-7H,4H2,1-3H3;1-2H3. The maximum atomic E-state index is 11.8. The summed E-state index contributed by atoms with van der Waals surface area (Å²) in [5.74, 6) is 2.53. The van der Waals surface area contributed by atoms with E-state index in [2.05, 4.69) is 42.2 Å². The van der Waals surface area contributed by atoms with Gasteiger partial charge in [-0.05, 0) is 61.5 Å². The first-order valence-electron chi connectivity index (χ1n) is 11.6. The van der Waals surface area contributed by atoms with Crippen molar-refractivity contribution in [1.82, 2.24) is 4.90 Å². The summed E-state index contributed by atoms with van der Waals surface area (Å²) < 4.78 is 10.4. The minimum absolute atomic E-state index is 0.0804. The van der Waals surface area contributed by atoms with Gasteiger partial charge in [0.15, 0.2) is 17.3 Å². The number of nitrogens with zero attached hydrogens (tertiary/aromatic N) is 1. The molecule has 1 fully saturated rings. The van der Waals surface area contributed by atoms with Crippen LogP contribution in [0.25, 0.3) is 0 Å². The van der Waals surface area contributed by atoms with Gasteiger partial charge in [-0.2, -0.15) is 0 Å². The summed E-state index contributed by atoms with van der Waals surface area (Å²) in [5.41, 5.74) is 3.28. The number of ether oxygens (including phenoxy) is 2. The van der Waals surface area contributed by atoms with Crippen LogP contribution in [0.4, 0.5) is 0 Å². The lowest BCUT2D eigenvalue weighted by molar-refractivity contribution is 0.0946.